The molecule has 0 aliphatic carbocycles. The molecule has 2 heterocycles. The van der Waals surface area contributed by atoms with Crippen LogP contribution >= 0.6 is 0 Å². The highest BCUT2D eigenvalue weighted by Gasteiger charge is 2.26. The first kappa shape index (κ1) is 21.8. The third kappa shape index (κ3) is 5.25. The molecular formula is C26H29N3O3. The summed E-state index contributed by atoms with van der Waals surface area (Å²) in [6.45, 7) is 0.891. The van der Waals surface area contributed by atoms with E-state index in [0.29, 0.717) is 30.5 Å². The first-order valence-corrected chi connectivity index (χ1v) is 11.2. The van der Waals surface area contributed by atoms with Crippen LogP contribution in [-0.2, 0) is 19.3 Å². The molecule has 0 radical (unpaired) electrons. The van der Waals surface area contributed by atoms with Gasteiger partial charge in [0.15, 0.2) is 0 Å². The molecule has 1 atom stereocenters. The Balaban J connectivity index is 1.55. The minimum Gasteiger partial charge on any atom is -0.497 e. The number of anilines is 1. The number of carboxylic acid groups (broad SMARTS) is 1. The molecule has 2 aromatic carbocycles. The molecule has 32 heavy (non-hydrogen) atoms. The van der Waals surface area contributed by atoms with Gasteiger partial charge in [0.2, 0.25) is 5.95 Å². The summed E-state index contributed by atoms with van der Waals surface area (Å²) >= 11 is 0. The van der Waals surface area contributed by atoms with Gasteiger partial charge >= 0.3 is 5.97 Å². The minimum absolute atomic E-state index is 0.180. The van der Waals surface area contributed by atoms with Crippen LogP contribution in [0.5, 0.6) is 5.75 Å². The molecule has 0 bridgehead atoms. The number of carboxylic acids is 1. The number of methoxy groups -OCH3 is 1. The van der Waals surface area contributed by atoms with Crippen molar-refractivity contribution in [2.24, 2.45) is 0 Å². The van der Waals surface area contributed by atoms with Gasteiger partial charge in [-0.2, -0.15) is 0 Å². The fraction of sp³-hybridized carbons (Fsp3) is 0.346. The number of rotatable bonds is 8. The first-order chi connectivity index (χ1) is 15.6. The number of aromatic nitrogens is 2. The summed E-state index contributed by atoms with van der Waals surface area (Å²) in [6.07, 6.45) is 7.02. The summed E-state index contributed by atoms with van der Waals surface area (Å²) in [5, 5.41) is 9.67. The van der Waals surface area contributed by atoms with Crippen molar-refractivity contribution in [2.75, 3.05) is 18.6 Å². The fourth-order valence-corrected chi connectivity index (χ4v) is 4.33. The van der Waals surface area contributed by atoms with Gasteiger partial charge in [0.05, 0.1) is 18.4 Å². The van der Waals surface area contributed by atoms with E-state index >= 15 is 0 Å². The van der Waals surface area contributed by atoms with Crippen molar-refractivity contribution in [3.05, 3.63) is 83.2 Å². The van der Waals surface area contributed by atoms with E-state index in [1.807, 2.05) is 30.3 Å². The number of hydrogen-bond acceptors (Lipinski definition) is 5. The Hall–Kier alpha value is -3.41. The van der Waals surface area contributed by atoms with Crippen LogP contribution in [0.1, 0.15) is 46.4 Å². The van der Waals surface area contributed by atoms with Crippen molar-refractivity contribution in [3.8, 4) is 5.75 Å². The average Bonchev–Trinajstić information content (AvgIpc) is 2.84. The average molecular weight is 432 g/mol. The number of ether oxygens (including phenoxy) is 1. The Kier molecular flexibility index (Phi) is 7.00. The highest BCUT2D eigenvalue weighted by Crippen LogP contribution is 2.26. The first-order valence-electron chi connectivity index (χ1n) is 11.2. The maximum Gasteiger partial charge on any atom is 0.339 e. The van der Waals surface area contributed by atoms with Gasteiger partial charge in [0.25, 0.3) is 0 Å². The quantitative estimate of drug-likeness (QED) is 0.563. The van der Waals surface area contributed by atoms with E-state index in [1.54, 1.807) is 7.11 Å². The maximum absolute atomic E-state index is 11.8. The largest absolute Gasteiger partial charge is 0.497 e. The van der Waals surface area contributed by atoms with Gasteiger partial charge in [-0.15, -0.1) is 0 Å². The molecule has 0 saturated carbocycles. The van der Waals surface area contributed by atoms with Gasteiger partial charge in [-0.25, -0.2) is 14.8 Å². The summed E-state index contributed by atoms with van der Waals surface area (Å²) in [5.41, 5.74) is 3.18. The van der Waals surface area contributed by atoms with Gasteiger partial charge in [-0.05, 0) is 61.8 Å². The van der Waals surface area contributed by atoms with Crippen molar-refractivity contribution < 1.29 is 14.6 Å². The SMILES string of the molecule is COc1ccc(CCc2nc(N3CCCC[C@@H]3Cc3ccccc3)ncc2C(=O)O)cc1. The molecule has 4 rings (SSSR count). The van der Waals surface area contributed by atoms with E-state index in [9.17, 15) is 9.90 Å². The summed E-state index contributed by atoms with van der Waals surface area (Å²) in [7, 11) is 1.64. The second kappa shape index (κ2) is 10.3. The normalized spacial score (nSPS) is 16.0. The Morgan fingerprint density at radius 2 is 1.84 bits per heavy atom. The molecule has 1 aliphatic heterocycles. The number of hydrogen-bond donors (Lipinski definition) is 1. The number of benzene rings is 2. The zero-order chi connectivity index (χ0) is 22.3. The Labute approximate surface area is 188 Å². The Morgan fingerprint density at radius 3 is 2.56 bits per heavy atom. The molecule has 1 saturated heterocycles. The van der Waals surface area contributed by atoms with Gasteiger partial charge in [0, 0.05) is 18.8 Å². The molecular weight excluding hydrogens is 402 g/mol. The lowest BCUT2D eigenvalue weighted by atomic mass is 9.96. The highest BCUT2D eigenvalue weighted by molar-refractivity contribution is 5.88. The van der Waals surface area contributed by atoms with Crippen LogP contribution in [0.2, 0.25) is 0 Å². The topological polar surface area (TPSA) is 75.5 Å². The molecule has 6 nitrogen and oxygen atoms in total. The molecule has 1 N–H and O–H groups in total. The van der Waals surface area contributed by atoms with Gasteiger partial charge < -0.3 is 14.7 Å². The van der Waals surface area contributed by atoms with E-state index in [4.69, 9.17) is 9.72 Å². The van der Waals surface area contributed by atoms with Gasteiger partial charge in [-0.3, -0.25) is 0 Å². The molecule has 1 aliphatic rings. The second-order valence-electron chi connectivity index (χ2n) is 8.22. The van der Waals surface area contributed by atoms with Crippen LogP contribution < -0.4 is 9.64 Å². The number of carbonyl (C=O) groups is 1. The number of piperidine rings is 1. The number of aryl methyl sites for hydroxylation is 2. The predicted molar refractivity (Wildman–Crippen MR) is 125 cm³/mol. The van der Waals surface area contributed by atoms with E-state index in [1.165, 1.54) is 18.2 Å². The smallest absolute Gasteiger partial charge is 0.339 e. The van der Waals surface area contributed by atoms with Crippen LogP contribution in [-0.4, -0.2) is 40.7 Å². The van der Waals surface area contributed by atoms with Gasteiger partial charge in [-0.1, -0.05) is 42.5 Å². The highest BCUT2D eigenvalue weighted by atomic mass is 16.5. The molecule has 166 valence electrons. The van der Waals surface area contributed by atoms with E-state index < -0.39 is 5.97 Å². The van der Waals surface area contributed by atoms with Crippen LogP contribution in [0, 0.1) is 0 Å². The Morgan fingerprint density at radius 1 is 1.06 bits per heavy atom. The summed E-state index contributed by atoms with van der Waals surface area (Å²) in [6, 6.07) is 18.6. The number of nitrogens with zero attached hydrogens (tertiary/aromatic N) is 3. The zero-order valence-corrected chi connectivity index (χ0v) is 18.4. The third-order valence-electron chi connectivity index (χ3n) is 6.09. The molecule has 6 heteroatoms. The lowest BCUT2D eigenvalue weighted by Gasteiger charge is -2.36. The zero-order valence-electron chi connectivity index (χ0n) is 18.4. The molecule has 1 aromatic heterocycles. The maximum atomic E-state index is 11.8. The minimum atomic E-state index is -0.985. The van der Waals surface area contributed by atoms with Crippen molar-refractivity contribution >= 4 is 11.9 Å². The van der Waals surface area contributed by atoms with Crippen molar-refractivity contribution in [1.29, 1.82) is 0 Å². The standard InChI is InChI=1S/C26H29N3O3/c1-32-22-13-10-19(11-14-22)12-15-24-23(25(30)31)18-27-26(28-24)29-16-6-5-9-21(29)17-20-7-3-2-4-8-20/h2-4,7-8,10-11,13-14,18,21H,5-6,9,12,15-17H2,1H3,(H,30,31)/t21-/m1/s1. The monoisotopic (exact) mass is 431 g/mol. The van der Waals surface area contributed by atoms with Crippen LogP contribution in [0.3, 0.4) is 0 Å². The van der Waals surface area contributed by atoms with E-state index in [2.05, 4.69) is 34.1 Å². The Bertz CT molecular complexity index is 1040. The van der Waals surface area contributed by atoms with E-state index in [-0.39, 0.29) is 5.56 Å². The van der Waals surface area contributed by atoms with E-state index in [0.717, 1.165) is 37.1 Å². The van der Waals surface area contributed by atoms with Crippen molar-refractivity contribution in [1.82, 2.24) is 9.97 Å². The lowest BCUT2D eigenvalue weighted by molar-refractivity contribution is 0.0694. The molecule has 1 fully saturated rings. The lowest BCUT2D eigenvalue weighted by Crippen LogP contribution is -2.42. The van der Waals surface area contributed by atoms with Gasteiger partial charge in [0.1, 0.15) is 5.75 Å². The number of aromatic carboxylic acids is 1. The summed E-state index contributed by atoms with van der Waals surface area (Å²) in [4.78, 5) is 23.3. The summed E-state index contributed by atoms with van der Waals surface area (Å²) < 4.78 is 5.21. The summed E-state index contributed by atoms with van der Waals surface area (Å²) in [5.74, 6) is 0.458. The molecule has 0 amide bonds. The molecule has 3 aromatic rings. The molecule has 0 spiro atoms. The van der Waals surface area contributed by atoms with Crippen LogP contribution in [0.4, 0.5) is 5.95 Å². The fourth-order valence-electron chi connectivity index (χ4n) is 4.33. The van der Waals surface area contributed by atoms with Crippen LogP contribution in [0.25, 0.3) is 0 Å². The molecule has 0 unspecified atom stereocenters. The predicted octanol–water partition coefficient (Wildman–Crippen LogP) is 4.57. The second-order valence-corrected chi connectivity index (χ2v) is 8.22. The van der Waals surface area contributed by atoms with Crippen molar-refractivity contribution in [3.63, 3.8) is 0 Å². The van der Waals surface area contributed by atoms with Crippen molar-refractivity contribution in [2.45, 2.75) is 44.6 Å². The van der Waals surface area contributed by atoms with Crippen LogP contribution in [0.15, 0.2) is 60.8 Å². The third-order valence-corrected chi connectivity index (χ3v) is 6.09.